The fraction of sp³-hybridized carbons (Fsp3) is 0.286. The van der Waals surface area contributed by atoms with Crippen molar-refractivity contribution in [2.24, 2.45) is 0 Å². The standard InChI is InChI=1S/C21H21N3O4.ClH/c1-12-4-6-14(22)10-18(12)23-19(25)13-5-7-16-17(9-13)21(27)24(20(16)26)11-15-3-2-8-28-15;/h4-7,9-10,15H,2-3,8,11,22H2,1H3,(H,23,25);1H. The largest absolute Gasteiger partial charge is 0.399 e. The summed E-state index contributed by atoms with van der Waals surface area (Å²) in [6, 6.07) is 9.81. The van der Waals surface area contributed by atoms with Gasteiger partial charge in [-0.15, -0.1) is 12.4 Å². The zero-order valence-corrected chi connectivity index (χ0v) is 16.8. The minimum Gasteiger partial charge on any atom is -0.399 e. The van der Waals surface area contributed by atoms with E-state index in [1.807, 2.05) is 13.0 Å². The summed E-state index contributed by atoms with van der Waals surface area (Å²) in [6.45, 7) is 2.76. The lowest BCUT2D eigenvalue weighted by Crippen LogP contribution is -2.36. The molecular weight excluding hydrogens is 394 g/mol. The third kappa shape index (κ3) is 3.97. The van der Waals surface area contributed by atoms with Gasteiger partial charge in [-0.25, -0.2) is 0 Å². The van der Waals surface area contributed by atoms with Gasteiger partial charge >= 0.3 is 0 Å². The zero-order chi connectivity index (χ0) is 19.8. The van der Waals surface area contributed by atoms with Crippen molar-refractivity contribution in [1.29, 1.82) is 0 Å². The monoisotopic (exact) mass is 415 g/mol. The van der Waals surface area contributed by atoms with Crippen LogP contribution in [0.1, 0.15) is 49.5 Å². The molecule has 2 aromatic carbocycles. The molecule has 2 aromatic rings. The number of hydrogen-bond acceptors (Lipinski definition) is 5. The number of carbonyl (C=O) groups is 3. The van der Waals surface area contributed by atoms with Crippen LogP contribution < -0.4 is 11.1 Å². The third-order valence-electron chi connectivity index (χ3n) is 5.15. The normalized spacial score (nSPS) is 17.8. The number of nitrogens with one attached hydrogen (secondary N) is 1. The van der Waals surface area contributed by atoms with E-state index in [1.54, 1.807) is 18.2 Å². The molecule has 3 amide bonds. The van der Waals surface area contributed by atoms with E-state index in [1.165, 1.54) is 17.0 Å². The number of imide groups is 1. The first-order valence-corrected chi connectivity index (χ1v) is 9.23. The number of benzene rings is 2. The van der Waals surface area contributed by atoms with Crippen LogP contribution in [0.5, 0.6) is 0 Å². The summed E-state index contributed by atoms with van der Waals surface area (Å²) >= 11 is 0. The van der Waals surface area contributed by atoms with E-state index in [2.05, 4.69) is 5.32 Å². The first kappa shape index (κ1) is 20.8. The summed E-state index contributed by atoms with van der Waals surface area (Å²) in [4.78, 5) is 39.2. The number of nitrogen functional groups attached to an aromatic ring is 1. The van der Waals surface area contributed by atoms with Gasteiger partial charge in [-0.05, 0) is 55.7 Å². The van der Waals surface area contributed by atoms with Gasteiger partial charge in [0.15, 0.2) is 0 Å². The summed E-state index contributed by atoms with van der Waals surface area (Å²) in [5, 5.41) is 2.81. The van der Waals surface area contributed by atoms with Crippen molar-refractivity contribution in [3.63, 3.8) is 0 Å². The van der Waals surface area contributed by atoms with E-state index in [0.717, 1.165) is 18.4 Å². The SMILES string of the molecule is Cc1ccc(N)cc1NC(=O)c1ccc2c(c1)C(=O)N(CC1CCCO1)C2=O.Cl. The molecule has 1 saturated heterocycles. The van der Waals surface area contributed by atoms with Crippen LogP contribution in [0, 0.1) is 6.92 Å². The maximum Gasteiger partial charge on any atom is 0.261 e. The summed E-state index contributed by atoms with van der Waals surface area (Å²) in [5.74, 6) is -1.09. The minimum atomic E-state index is -0.384. The Balaban J connectivity index is 0.00000240. The van der Waals surface area contributed by atoms with E-state index in [9.17, 15) is 14.4 Å². The quantitative estimate of drug-likeness (QED) is 0.590. The number of nitrogens with zero attached hydrogens (tertiary/aromatic N) is 1. The molecule has 8 heteroatoms. The van der Waals surface area contributed by atoms with Crippen LogP contribution in [0.2, 0.25) is 0 Å². The van der Waals surface area contributed by atoms with Crippen LogP contribution in [0.3, 0.4) is 0 Å². The number of rotatable bonds is 4. The second-order valence-electron chi connectivity index (χ2n) is 7.14. The second-order valence-corrected chi connectivity index (χ2v) is 7.14. The van der Waals surface area contributed by atoms with Crippen molar-refractivity contribution in [2.75, 3.05) is 24.2 Å². The summed E-state index contributed by atoms with van der Waals surface area (Å²) in [7, 11) is 0. The molecule has 2 aliphatic heterocycles. The predicted octanol–water partition coefficient (Wildman–Crippen LogP) is 3.03. The first-order chi connectivity index (χ1) is 13.4. The van der Waals surface area contributed by atoms with Crippen LogP contribution >= 0.6 is 12.4 Å². The Kier molecular flexibility index (Phi) is 5.91. The second kappa shape index (κ2) is 8.23. The maximum absolute atomic E-state index is 12.7. The van der Waals surface area contributed by atoms with Gasteiger partial charge < -0.3 is 15.8 Å². The van der Waals surface area contributed by atoms with E-state index >= 15 is 0 Å². The minimum absolute atomic E-state index is 0. The van der Waals surface area contributed by atoms with Gasteiger partial charge in [-0.3, -0.25) is 19.3 Å². The Labute approximate surface area is 174 Å². The molecule has 4 rings (SSSR count). The highest BCUT2D eigenvalue weighted by Gasteiger charge is 2.37. The lowest BCUT2D eigenvalue weighted by atomic mass is 10.0. The number of anilines is 2. The number of carbonyl (C=O) groups excluding carboxylic acids is 3. The summed E-state index contributed by atoms with van der Waals surface area (Å²) in [5.41, 5.74) is 8.68. The Morgan fingerprint density at radius 2 is 1.93 bits per heavy atom. The van der Waals surface area contributed by atoms with Crippen LogP contribution in [-0.4, -0.2) is 41.9 Å². The third-order valence-corrected chi connectivity index (χ3v) is 5.15. The Morgan fingerprint density at radius 3 is 2.66 bits per heavy atom. The molecule has 0 spiro atoms. The number of fused-ring (bicyclic) bond motifs is 1. The Hall–Kier alpha value is -2.90. The van der Waals surface area contributed by atoms with Crippen molar-refractivity contribution in [1.82, 2.24) is 4.90 Å². The molecule has 2 heterocycles. The first-order valence-electron chi connectivity index (χ1n) is 9.23. The number of ether oxygens (including phenoxy) is 1. The average Bonchev–Trinajstić information content (AvgIpc) is 3.27. The highest BCUT2D eigenvalue weighted by Crippen LogP contribution is 2.27. The molecule has 2 aliphatic rings. The molecule has 1 atom stereocenters. The van der Waals surface area contributed by atoms with E-state index in [4.69, 9.17) is 10.5 Å². The lowest BCUT2D eigenvalue weighted by molar-refractivity contribution is 0.0475. The molecule has 1 fully saturated rings. The van der Waals surface area contributed by atoms with E-state index in [-0.39, 0.29) is 48.3 Å². The molecule has 29 heavy (non-hydrogen) atoms. The molecule has 0 radical (unpaired) electrons. The van der Waals surface area contributed by atoms with Gasteiger partial charge in [0.1, 0.15) is 0 Å². The fourth-order valence-corrected chi connectivity index (χ4v) is 3.56. The molecule has 152 valence electrons. The lowest BCUT2D eigenvalue weighted by Gasteiger charge is -2.17. The van der Waals surface area contributed by atoms with Gasteiger partial charge in [0.25, 0.3) is 17.7 Å². The Morgan fingerprint density at radius 1 is 1.17 bits per heavy atom. The van der Waals surface area contributed by atoms with Gasteiger partial charge in [0.2, 0.25) is 0 Å². The molecule has 0 bridgehead atoms. The van der Waals surface area contributed by atoms with E-state index in [0.29, 0.717) is 29.1 Å². The fourth-order valence-electron chi connectivity index (χ4n) is 3.56. The molecular formula is C21H22ClN3O4. The molecule has 0 aromatic heterocycles. The van der Waals surface area contributed by atoms with Crippen molar-refractivity contribution in [2.45, 2.75) is 25.9 Å². The van der Waals surface area contributed by atoms with Gasteiger partial charge in [0.05, 0.1) is 23.8 Å². The zero-order valence-electron chi connectivity index (χ0n) is 15.9. The number of hydrogen-bond donors (Lipinski definition) is 2. The van der Waals surface area contributed by atoms with Crippen LogP contribution in [0.15, 0.2) is 36.4 Å². The Bertz CT molecular complexity index is 986. The highest BCUT2D eigenvalue weighted by molar-refractivity contribution is 6.22. The number of nitrogens with two attached hydrogens (primary N) is 1. The molecule has 0 saturated carbocycles. The van der Waals surface area contributed by atoms with Crippen molar-refractivity contribution >= 4 is 41.5 Å². The number of amides is 3. The van der Waals surface area contributed by atoms with Crippen LogP contribution in [-0.2, 0) is 4.74 Å². The van der Waals surface area contributed by atoms with Crippen molar-refractivity contribution < 1.29 is 19.1 Å². The molecule has 3 N–H and O–H groups in total. The average molecular weight is 416 g/mol. The maximum atomic E-state index is 12.7. The van der Waals surface area contributed by atoms with Gasteiger partial charge in [-0.1, -0.05) is 6.07 Å². The summed E-state index contributed by atoms with van der Waals surface area (Å²) < 4.78 is 5.54. The number of halogens is 1. The topological polar surface area (TPSA) is 102 Å². The number of aryl methyl sites for hydroxylation is 1. The van der Waals surface area contributed by atoms with Crippen LogP contribution in [0.4, 0.5) is 11.4 Å². The van der Waals surface area contributed by atoms with Crippen molar-refractivity contribution in [3.05, 3.63) is 58.7 Å². The molecule has 1 unspecified atom stereocenters. The summed E-state index contributed by atoms with van der Waals surface area (Å²) in [6.07, 6.45) is 1.65. The van der Waals surface area contributed by atoms with Crippen molar-refractivity contribution in [3.8, 4) is 0 Å². The van der Waals surface area contributed by atoms with Gasteiger partial charge in [0, 0.05) is 23.5 Å². The highest BCUT2D eigenvalue weighted by atomic mass is 35.5. The van der Waals surface area contributed by atoms with Crippen LogP contribution in [0.25, 0.3) is 0 Å². The smallest absolute Gasteiger partial charge is 0.261 e. The van der Waals surface area contributed by atoms with Gasteiger partial charge in [-0.2, -0.15) is 0 Å². The molecule has 0 aliphatic carbocycles. The van der Waals surface area contributed by atoms with E-state index < -0.39 is 0 Å². The predicted molar refractivity (Wildman–Crippen MR) is 112 cm³/mol. The molecule has 7 nitrogen and oxygen atoms in total.